The van der Waals surface area contributed by atoms with Gasteiger partial charge in [-0.15, -0.1) is 5.92 Å². The van der Waals surface area contributed by atoms with Crippen LogP contribution in [0.5, 0.6) is 0 Å². The molecule has 0 unspecified atom stereocenters. The second-order valence-corrected chi connectivity index (χ2v) is 2.11. The van der Waals surface area contributed by atoms with Crippen LogP contribution < -0.4 is 0 Å². The lowest BCUT2D eigenvalue weighted by atomic mass is 10.2. The Morgan fingerprint density at radius 1 is 1.27 bits per heavy atom. The molecule has 0 aliphatic rings. The van der Waals surface area contributed by atoms with E-state index in [1.165, 1.54) is 0 Å². The minimum absolute atomic E-state index is 0.112. The first-order valence-electron chi connectivity index (χ1n) is 3.55. The van der Waals surface area contributed by atoms with Crippen molar-refractivity contribution in [2.75, 3.05) is 6.61 Å². The third-order valence-corrected chi connectivity index (χ3v) is 1.15. The lowest BCUT2D eigenvalue weighted by Gasteiger charge is -1.90. The van der Waals surface area contributed by atoms with Crippen LogP contribution in [0, 0.1) is 11.8 Å². The molecule has 0 heterocycles. The van der Waals surface area contributed by atoms with Gasteiger partial charge in [0.25, 0.3) is 0 Å². The summed E-state index contributed by atoms with van der Waals surface area (Å²) >= 11 is 0. The summed E-state index contributed by atoms with van der Waals surface area (Å²) in [7, 11) is 0. The first kappa shape index (κ1) is 9.99. The summed E-state index contributed by atoms with van der Waals surface area (Å²) in [6.45, 7) is -0.112. The topological polar surface area (TPSA) is 57.5 Å². The number of aliphatic hydroxyl groups excluding tert-OH is 1. The number of hydrogen-bond acceptors (Lipinski definition) is 2. The molecule has 0 radical (unpaired) electrons. The number of unbranched alkanes of at least 4 members (excludes halogenated alkanes) is 2. The Morgan fingerprint density at radius 3 is 2.55 bits per heavy atom. The van der Waals surface area contributed by atoms with Crippen LogP contribution in [-0.4, -0.2) is 22.8 Å². The van der Waals surface area contributed by atoms with Crippen LogP contribution >= 0.6 is 0 Å². The van der Waals surface area contributed by atoms with Crippen molar-refractivity contribution in [1.82, 2.24) is 0 Å². The van der Waals surface area contributed by atoms with E-state index in [1.54, 1.807) is 0 Å². The minimum atomic E-state index is -0.764. The average molecular weight is 156 g/mol. The molecule has 0 rings (SSSR count). The Kier molecular flexibility index (Phi) is 6.45. The van der Waals surface area contributed by atoms with E-state index in [0.717, 1.165) is 6.42 Å². The highest BCUT2D eigenvalue weighted by Crippen LogP contribution is 1.97. The molecule has 0 bridgehead atoms. The number of carbonyl (C=O) groups is 1. The van der Waals surface area contributed by atoms with Gasteiger partial charge in [-0.1, -0.05) is 5.92 Å². The molecule has 0 saturated heterocycles. The number of aliphatic hydroxyl groups is 1. The molecule has 0 spiro atoms. The van der Waals surface area contributed by atoms with Gasteiger partial charge in [-0.25, -0.2) is 0 Å². The average Bonchev–Trinajstić information content (AvgIpc) is 1.96. The predicted molar refractivity (Wildman–Crippen MR) is 41.0 cm³/mol. The fourth-order valence-corrected chi connectivity index (χ4v) is 0.634. The second kappa shape index (κ2) is 7.10. The molecule has 0 aliphatic carbocycles. The molecule has 0 fully saturated rings. The molecule has 3 nitrogen and oxygen atoms in total. The first-order chi connectivity index (χ1) is 5.27. The van der Waals surface area contributed by atoms with Crippen LogP contribution in [-0.2, 0) is 4.79 Å². The molecule has 0 aromatic heterocycles. The Labute approximate surface area is 66.0 Å². The Bertz CT molecular complexity index is 164. The molecule has 11 heavy (non-hydrogen) atoms. The van der Waals surface area contributed by atoms with Gasteiger partial charge in [0.2, 0.25) is 0 Å². The highest BCUT2D eigenvalue weighted by atomic mass is 16.4. The van der Waals surface area contributed by atoms with Gasteiger partial charge >= 0.3 is 5.97 Å². The van der Waals surface area contributed by atoms with Crippen molar-refractivity contribution in [3.63, 3.8) is 0 Å². The maximum atomic E-state index is 10.0. The van der Waals surface area contributed by atoms with Gasteiger partial charge in [-0.05, 0) is 12.8 Å². The lowest BCUT2D eigenvalue weighted by molar-refractivity contribution is -0.137. The van der Waals surface area contributed by atoms with Gasteiger partial charge < -0.3 is 10.2 Å². The van der Waals surface area contributed by atoms with Crippen LogP contribution in [0.1, 0.15) is 25.7 Å². The van der Waals surface area contributed by atoms with Crippen LogP contribution in [0.2, 0.25) is 0 Å². The van der Waals surface area contributed by atoms with Crippen LogP contribution in [0.25, 0.3) is 0 Å². The first-order valence-corrected chi connectivity index (χ1v) is 3.55. The molecule has 62 valence electrons. The van der Waals surface area contributed by atoms with Crippen molar-refractivity contribution in [1.29, 1.82) is 0 Å². The molecule has 0 aromatic rings. The van der Waals surface area contributed by atoms with Crippen LogP contribution in [0.15, 0.2) is 0 Å². The number of hydrogen-bond donors (Lipinski definition) is 2. The van der Waals surface area contributed by atoms with E-state index < -0.39 is 5.97 Å². The number of carboxylic acids is 1. The van der Waals surface area contributed by atoms with Crippen molar-refractivity contribution in [2.24, 2.45) is 0 Å². The van der Waals surface area contributed by atoms with Gasteiger partial charge in [0.05, 0.1) is 0 Å². The maximum absolute atomic E-state index is 10.0. The quantitative estimate of drug-likeness (QED) is 0.463. The monoisotopic (exact) mass is 156 g/mol. The van der Waals surface area contributed by atoms with Crippen LogP contribution in [0.3, 0.4) is 0 Å². The summed E-state index contributed by atoms with van der Waals surface area (Å²) in [5.41, 5.74) is 0. The van der Waals surface area contributed by atoms with E-state index in [2.05, 4.69) is 11.8 Å². The maximum Gasteiger partial charge on any atom is 0.303 e. The molecule has 3 heteroatoms. The molecule has 0 aromatic carbocycles. The van der Waals surface area contributed by atoms with Gasteiger partial charge in [0, 0.05) is 12.8 Å². The zero-order valence-corrected chi connectivity index (χ0v) is 6.34. The minimum Gasteiger partial charge on any atom is -0.481 e. The van der Waals surface area contributed by atoms with E-state index in [1.807, 2.05) is 0 Å². The SMILES string of the molecule is O=C(O)CCCCC#CCO. The molecular weight excluding hydrogens is 144 g/mol. The fourth-order valence-electron chi connectivity index (χ4n) is 0.634. The number of carboxylic acid groups (broad SMARTS) is 1. The van der Waals surface area contributed by atoms with Crippen molar-refractivity contribution in [3.8, 4) is 11.8 Å². The zero-order valence-electron chi connectivity index (χ0n) is 6.34. The number of rotatable bonds is 4. The van der Waals surface area contributed by atoms with Gasteiger partial charge in [0.15, 0.2) is 0 Å². The van der Waals surface area contributed by atoms with E-state index >= 15 is 0 Å². The van der Waals surface area contributed by atoms with Crippen LogP contribution in [0.4, 0.5) is 0 Å². The predicted octanol–water partition coefficient (Wildman–Crippen LogP) is 0.627. The standard InChI is InChI=1S/C8H12O3/c9-7-5-3-1-2-4-6-8(10)11/h9H,1-2,4,6-7H2,(H,10,11). The number of aliphatic carboxylic acids is 1. The highest BCUT2D eigenvalue weighted by Gasteiger charge is 1.93. The second-order valence-electron chi connectivity index (χ2n) is 2.11. The van der Waals surface area contributed by atoms with Gasteiger partial charge in [0.1, 0.15) is 6.61 Å². The summed E-state index contributed by atoms with van der Waals surface area (Å²) in [5, 5.41) is 16.5. The summed E-state index contributed by atoms with van der Waals surface area (Å²) < 4.78 is 0. The summed E-state index contributed by atoms with van der Waals surface area (Å²) in [4.78, 5) is 10.0. The summed E-state index contributed by atoms with van der Waals surface area (Å²) in [6.07, 6.45) is 2.34. The molecule has 0 atom stereocenters. The highest BCUT2D eigenvalue weighted by molar-refractivity contribution is 5.66. The van der Waals surface area contributed by atoms with Crippen molar-refractivity contribution < 1.29 is 15.0 Å². The molecule has 2 N–H and O–H groups in total. The lowest BCUT2D eigenvalue weighted by Crippen LogP contribution is -1.92. The Morgan fingerprint density at radius 2 is 2.00 bits per heavy atom. The van der Waals surface area contributed by atoms with Gasteiger partial charge in [-0.3, -0.25) is 4.79 Å². The van der Waals surface area contributed by atoms with Crippen molar-refractivity contribution in [2.45, 2.75) is 25.7 Å². The van der Waals surface area contributed by atoms with E-state index in [4.69, 9.17) is 10.2 Å². The fraction of sp³-hybridized carbons (Fsp3) is 0.625. The molecule has 0 saturated carbocycles. The van der Waals surface area contributed by atoms with Crippen molar-refractivity contribution in [3.05, 3.63) is 0 Å². The largest absolute Gasteiger partial charge is 0.481 e. The van der Waals surface area contributed by atoms with E-state index in [9.17, 15) is 4.79 Å². The summed E-state index contributed by atoms with van der Waals surface area (Å²) in [5.74, 6) is 4.45. The van der Waals surface area contributed by atoms with Gasteiger partial charge in [-0.2, -0.15) is 0 Å². The van der Waals surface area contributed by atoms with Crippen molar-refractivity contribution >= 4 is 5.97 Å². The van der Waals surface area contributed by atoms with E-state index in [0.29, 0.717) is 12.8 Å². The smallest absolute Gasteiger partial charge is 0.303 e. The third kappa shape index (κ3) is 8.99. The molecule has 0 aliphatic heterocycles. The normalized spacial score (nSPS) is 8.45. The summed E-state index contributed by atoms with van der Waals surface area (Å²) in [6, 6.07) is 0. The Hall–Kier alpha value is -1.01. The zero-order chi connectivity index (χ0) is 8.53. The third-order valence-electron chi connectivity index (χ3n) is 1.15. The van der Waals surface area contributed by atoms with E-state index in [-0.39, 0.29) is 13.0 Å². The molecular formula is C8H12O3. The molecule has 0 amide bonds. The Balaban J connectivity index is 3.08.